The fourth-order valence-electron chi connectivity index (χ4n) is 3.04. The summed E-state index contributed by atoms with van der Waals surface area (Å²) in [5.41, 5.74) is 3.09. The van der Waals surface area contributed by atoms with E-state index in [9.17, 15) is 4.79 Å². The van der Waals surface area contributed by atoms with Gasteiger partial charge in [-0.2, -0.15) is 0 Å². The van der Waals surface area contributed by atoms with Gasteiger partial charge in [0.15, 0.2) is 0 Å². The molecular weight excluding hydrogens is 494 g/mol. The Morgan fingerprint density at radius 2 is 1.88 bits per heavy atom. The Morgan fingerprint density at radius 1 is 1.12 bits per heavy atom. The number of anilines is 1. The Morgan fingerprint density at radius 3 is 2.59 bits per heavy atom. The van der Waals surface area contributed by atoms with Crippen molar-refractivity contribution >= 4 is 69.2 Å². The van der Waals surface area contributed by atoms with Crippen LogP contribution in [0.5, 0.6) is 0 Å². The summed E-state index contributed by atoms with van der Waals surface area (Å²) < 4.78 is 5.31. The molecule has 2 heterocycles. The molecule has 0 bridgehead atoms. The van der Waals surface area contributed by atoms with Crippen LogP contribution in [0.3, 0.4) is 0 Å². The molecule has 0 saturated carbocycles. The fraction of sp³-hybridized carbons (Fsp3) is 0.0455. The van der Waals surface area contributed by atoms with Crippen LogP contribution < -0.4 is 10.6 Å². The summed E-state index contributed by atoms with van der Waals surface area (Å²) in [6, 6.07) is 6.98. The monoisotopic (exact) mass is 506 g/mol. The lowest BCUT2D eigenvalue weighted by atomic mass is 10.0. The Bertz CT molecular complexity index is 1290. The number of nitrogens with zero attached hydrogens (tertiary/aromatic N) is 2. The van der Waals surface area contributed by atoms with E-state index in [1.54, 1.807) is 12.3 Å². The summed E-state index contributed by atoms with van der Waals surface area (Å²) in [5, 5.41) is 7.79. The van der Waals surface area contributed by atoms with E-state index in [1.165, 1.54) is 18.4 Å². The van der Waals surface area contributed by atoms with Crippen molar-refractivity contribution < 1.29 is 9.53 Å². The van der Waals surface area contributed by atoms with Crippen molar-refractivity contribution in [1.82, 2.24) is 15.3 Å². The first-order valence-electron chi connectivity index (χ1n) is 9.19. The van der Waals surface area contributed by atoms with Crippen LogP contribution in [0, 0.1) is 0 Å². The molecule has 162 valence electrons. The number of nitrogens with one attached hydrogen (secondary N) is 2. The van der Waals surface area contributed by atoms with Crippen molar-refractivity contribution in [2.24, 2.45) is 0 Å². The Hall–Kier alpha value is -2.77. The number of hydrogen-bond acceptors (Lipinski definition) is 5. The summed E-state index contributed by atoms with van der Waals surface area (Å²) in [7, 11) is 0. The van der Waals surface area contributed by atoms with Gasteiger partial charge in [0.05, 0.1) is 43.3 Å². The van der Waals surface area contributed by atoms with Crippen molar-refractivity contribution in [3.05, 3.63) is 86.9 Å². The zero-order valence-corrected chi connectivity index (χ0v) is 19.3. The highest BCUT2D eigenvalue weighted by atomic mass is 35.5. The molecule has 1 aliphatic rings. The topological polar surface area (TPSA) is 76.1 Å². The normalized spacial score (nSPS) is 13.1. The lowest BCUT2D eigenvalue weighted by molar-refractivity contribution is -0.115. The zero-order valence-electron chi connectivity index (χ0n) is 16.3. The van der Waals surface area contributed by atoms with Crippen LogP contribution >= 0.6 is 46.4 Å². The van der Waals surface area contributed by atoms with E-state index in [0.717, 1.165) is 10.9 Å². The van der Waals surface area contributed by atoms with Crippen molar-refractivity contribution in [2.45, 2.75) is 0 Å². The minimum Gasteiger partial charge on any atom is -0.495 e. The molecule has 32 heavy (non-hydrogen) atoms. The van der Waals surface area contributed by atoms with Gasteiger partial charge in [0.2, 0.25) is 11.9 Å². The molecule has 1 aliphatic heterocycles. The van der Waals surface area contributed by atoms with Crippen molar-refractivity contribution in [1.29, 1.82) is 0 Å². The molecule has 0 aliphatic carbocycles. The molecule has 0 spiro atoms. The summed E-state index contributed by atoms with van der Waals surface area (Å²) in [5.74, 6) is 0.00242. The minimum atomic E-state index is -0.337. The third kappa shape index (κ3) is 4.54. The molecule has 0 saturated heterocycles. The van der Waals surface area contributed by atoms with Gasteiger partial charge in [0, 0.05) is 17.1 Å². The summed E-state index contributed by atoms with van der Waals surface area (Å²) >= 11 is 25.1. The predicted molar refractivity (Wildman–Crippen MR) is 129 cm³/mol. The molecule has 0 atom stereocenters. The maximum Gasteiger partial charge on any atom is 0.247 e. The number of carbonyl (C=O) groups is 1. The molecule has 10 heteroatoms. The van der Waals surface area contributed by atoms with E-state index >= 15 is 0 Å². The average Bonchev–Trinajstić information content (AvgIpc) is 2.79. The van der Waals surface area contributed by atoms with Crippen molar-refractivity contribution in [3.63, 3.8) is 0 Å². The molecule has 1 amide bonds. The van der Waals surface area contributed by atoms with E-state index in [-0.39, 0.29) is 12.5 Å². The first kappa shape index (κ1) is 22.4. The second kappa shape index (κ2) is 9.38. The van der Waals surface area contributed by atoms with Crippen molar-refractivity contribution in [3.8, 4) is 11.1 Å². The molecule has 3 aromatic rings. The third-order valence-corrected chi connectivity index (χ3v) is 6.14. The number of ether oxygens (including phenoxy) is 1. The van der Waals surface area contributed by atoms with Crippen LogP contribution in [-0.2, 0) is 9.53 Å². The van der Waals surface area contributed by atoms with Gasteiger partial charge in [-0.25, -0.2) is 9.97 Å². The van der Waals surface area contributed by atoms with E-state index in [4.69, 9.17) is 51.1 Å². The predicted octanol–water partition coefficient (Wildman–Crippen LogP) is 6.38. The number of fused-ring (bicyclic) bond motifs is 1. The molecule has 4 rings (SSSR count). The molecule has 1 aromatic heterocycles. The molecule has 2 N–H and O–H groups in total. The van der Waals surface area contributed by atoms with Crippen LogP contribution in [0.15, 0.2) is 66.8 Å². The van der Waals surface area contributed by atoms with E-state index < -0.39 is 0 Å². The molecular formula is C22H14Cl4N4O2. The minimum absolute atomic E-state index is 0.218. The van der Waals surface area contributed by atoms with Gasteiger partial charge in [-0.05, 0) is 35.9 Å². The van der Waals surface area contributed by atoms with Crippen LogP contribution in [0.2, 0.25) is 20.1 Å². The molecule has 0 radical (unpaired) electrons. The number of rotatable bonds is 5. The van der Waals surface area contributed by atoms with Gasteiger partial charge < -0.3 is 15.4 Å². The smallest absolute Gasteiger partial charge is 0.247 e. The van der Waals surface area contributed by atoms with E-state index in [1.807, 2.05) is 18.2 Å². The van der Waals surface area contributed by atoms with Gasteiger partial charge in [-0.15, -0.1) is 0 Å². The number of halogens is 4. The maximum atomic E-state index is 11.7. The standard InChI is InChI=1S/C22H14Cl4N4O2/c1-2-18(31)28-16-5-6-32-10-17(16)30-22-27-9-12-7-11(3-4-15(12)29-22)19-20(25)13(23)8-14(24)21(19)26/h2-9H,1,10H2,(H,28,31)(H,27,29,30). The van der Waals surface area contributed by atoms with Gasteiger partial charge in [0.25, 0.3) is 0 Å². The Kier molecular flexibility index (Phi) is 6.58. The lowest BCUT2D eigenvalue weighted by Crippen LogP contribution is -2.25. The van der Waals surface area contributed by atoms with Gasteiger partial charge in [-0.3, -0.25) is 4.79 Å². The highest BCUT2D eigenvalue weighted by Crippen LogP contribution is 2.43. The first-order valence-corrected chi connectivity index (χ1v) is 10.7. The van der Waals surface area contributed by atoms with Crippen LogP contribution in [-0.4, -0.2) is 22.5 Å². The second-order valence-corrected chi connectivity index (χ2v) is 8.21. The van der Waals surface area contributed by atoms with Crippen LogP contribution in [0.25, 0.3) is 22.0 Å². The number of allylic oxidation sites excluding steroid dienone is 1. The van der Waals surface area contributed by atoms with E-state index in [2.05, 4.69) is 27.2 Å². The Labute approximate surface area is 203 Å². The van der Waals surface area contributed by atoms with Crippen LogP contribution in [0.4, 0.5) is 5.95 Å². The molecule has 2 aromatic carbocycles. The largest absolute Gasteiger partial charge is 0.495 e. The molecule has 0 unspecified atom stereocenters. The molecule has 0 fully saturated rings. The highest BCUT2D eigenvalue weighted by molar-refractivity contribution is 6.50. The second-order valence-electron chi connectivity index (χ2n) is 6.63. The average molecular weight is 508 g/mol. The third-order valence-electron chi connectivity index (χ3n) is 4.57. The van der Waals surface area contributed by atoms with Gasteiger partial charge in [0.1, 0.15) is 6.61 Å². The van der Waals surface area contributed by atoms with E-state index in [0.29, 0.717) is 48.5 Å². The lowest BCUT2D eigenvalue weighted by Gasteiger charge is -2.18. The quantitative estimate of drug-likeness (QED) is 0.309. The van der Waals surface area contributed by atoms with Crippen molar-refractivity contribution in [2.75, 3.05) is 11.9 Å². The fourth-order valence-corrected chi connectivity index (χ4v) is 4.07. The number of benzene rings is 2. The first-order chi connectivity index (χ1) is 15.4. The number of hydrogen-bond donors (Lipinski definition) is 2. The molecule has 6 nitrogen and oxygen atoms in total. The maximum absolute atomic E-state index is 11.7. The van der Waals surface area contributed by atoms with Gasteiger partial charge in [-0.1, -0.05) is 59.0 Å². The van der Waals surface area contributed by atoms with Crippen LogP contribution in [0.1, 0.15) is 0 Å². The summed E-state index contributed by atoms with van der Waals surface area (Å²) in [4.78, 5) is 20.6. The number of carbonyl (C=O) groups excluding carboxylic acids is 1. The number of amides is 1. The summed E-state index contributed by atoms with van der Waals surface area (Å²) in [6.45, 7) is 3.67. The SMILES string of the molecule is C=CC(=O)NC1=C(Nc2ncc3cc(-c4c(Cl)c(Cl)cc(Cl)c4Cl)ccc3n2)COC=C1. The van der Waals surface area contributed by atoms with Gasteiger partial charge >= 0.3 is 0 Å². The zero-order chi connectivity index (χ0) is 22.8. The Balaban J connectivity index is 1.68. The number of aromatic nitrogens is 2. The summed E-state index contributed by atoms with van der Waals surface area (Å²) in [6.07, 6.45) is 5.96. The highest BCUT2D eigenvalue weighted by Gasteiger charge is 2.17.